The van der Waals surface area contributed by atoms with E-state index in [0.717, 1.165) is 57.4 Å². The summed E-state index contributed by atoms with van der Waals surface area (Å²) in [5.74, 6) is -0.323. The van der Waals surface area contributed by atoms with E-state index in [0.29, 0.717) is 25.4 Å². The van der Waals surface area contributed by atoms with E-state index < -0.39 is 12.0 Å². The highest BCUT2D eigenvalue weighted by Crippen LogP contribution is 2.28. The molecule has 39 heavy (non-hydrogen) atoms. The molecule has 1 aromatic heterocycles. The van der Waals surface area contributed by atoms with Crippen LogP contribution in [-0.2, 0) is 14.9 Å². The third-order valence-corrected chi connectivity index (χ3v) is 7.70. The number of carboxylic acids is 1. The molecule has 0 fully saturated rings. The Morgan fingerprint density at radius 3 is 2.72 bits per heavy atom. The zero-order chi connectivity index (χ0) is 28.3. The molecule has 1 aliphatic heterocycles. The van der Waals surface area contributed by atoms with Gasteiger partial charge in [0, 0.05) is 43.9 Å². The molecule has 0 radical (unpaired) electrons. The number of hydrogen-bond donors (Lipinski definition) is 3. The third-order valence-electron chi connectivity index (χ3n) is 7.70. The first kappa shape index (κ1) is 30.8. The molecule has 1 aromatic rings. The third kappa shape index (κ3) is 10.1. The van der Waals surface area contributed by atoms with Gasteiger partial charge >= 0.3 is 5.97 Å². The van der Waals surface area contributed by atoms with Gasteiger partial charge in [0.15, 0.2) is 0 Å². The molecule has 0 bridgehead atoms. The van der Waals surface area contributed by atoms with E-state index in [2.05, 4.69) is 65.3 Å². The van der Waals surface area contributed by atoms with Crippen molar-refractivity contribution < 1.29 is 14.6 Å². The van der Waals surface area contributed by atoms with Gasteiger partial charge in [-0.15, -0.1) is 0 Å². The van der Waals surface area contributed by atoms with Crippen molar-refractivity contribution in [3.63, 3.8) is 0 Å². The number of carbonyl (C=O) groups is 1. The van der Waals surface area contributed by atoms with Crippen LogP contribution in [0.2, 0.25) is 0 Å². The Kier molecular flexibility index (Phi) is 12.0. The van der Waals surface area contributed by atoms with Gasteiger partial charge < -0.3 is 25.4 Å². The van der Waals surface area contributed by atoms with Crippen molar-refractivity contribution in [2.75, 3.05) is 45.2 Å². The fraction of sp³-hybridized carbons (Fsp3) is 0.645. The molecule has 3 N–H and O–H groups in total. The van der Waals surface area contributed by atoms with Crippen LogP contribution in [0.4, 0.5) is 5.82 Å². The van der Waals surface area contributed by atoms with E-state index >= 15 is 0 Å². The van der Waals surface area contributed by atoms with Gasteiger partial charge in [0.05, 0.1) is 12.3 Å². The number of hydrogen-bond acceptors (Lipinski definition) is 7. The van der Waals surface area contributed by atoms with E-state index in [-0.39, 0.29) is 5.41 Å². The van der Waals surface area contributed by atoms with E-state index in [1.54, 1.807) is 7.11 Å². The summed E-state index contributed by atoms with van der Waals surface area (Å²) in [6, 6.07) is 1.13. The number of nitrogens with zero attached hydrogens (tertiary/aromatic N) is 3. The van der Waals surface area contributed by atoms with Crippen molar-refractivity contribution in [1.29, 1.82) is 0 Å². The smallest absolute Gasteiger partial charge is 0.326 e. The number of allylic oxidation sites excluding steroid dienone is 6. The second kappa shape index (κ2) is 15.2. The molecule has 1 atom stereocenters. The Morgan fingerprint density at radius 1 is 1.15 bits per heavy atom. The summed E-state index contributed by atoms with van der Waals surface area (Å²) in [5, 5.41) is 16.6. The molecule has 1 aliphatic carbocycles. The van der Waals surface area contributed by atoms with Crippen LogP contribution in [0, 0.1) is 0 Å². The van der Waals surface area contributed by atoms with Crippen LogP contribution in [0.25, 0.3) is 0 Å². The van der Waals surface area contributed by atoms with Crippen molar-refractivity contribution in [3.05, 3.63) is 52.7 Å². The first-order valence-electron chi connectivity index (χ1n) is 14.5. The number of carboxylic acid groups (broad SMARTS) is 1. The minimum Gasteiger partial charge on any atom is -0.480 e. The van der Waals surface area contributed by atoms with E-state index in [4.69, 9.17) is 4.74 Å². The number of anilines is 1. The minimum absolute atomic E-state index is 0.136. The second-order valence-corrected chi connectivity index (χ2v) is 11.8. The van der Waals surface area contributed by atoms with E-state index in [9.17, 15) is 9.90 Å². The van der Waals surface area contributed by atoms with Crippen molar-refractivity contribution >= 4 is 11.8 Å². The Bertz CT molecular complexity index is 1040. The number of rotatable bonds is 14. The number of ether oxygens (including phenoxy) is 1. The number of aromatic nitrogens is 2. The summed E-state index contributed by atoms with van der Waals surface area (Å²) >= 11 is 0. The van der Waals surface area contributed by atoms with Crippen LogP contribution < -0.4 is 10.6 Å². The predicted octanol–water partition coefficient (Wildman–Crippen LogP) is 5.45. The predicted molar refractivity (Wildman–Crippen MR) is 158 cm³/mol. The van der Waals surface area contributed by atoms with Crippen molar-refractivity contribution in [2.45, 2.75) is 90.5 Å². The van der Waals surface area contributed by atoms with Gasteiger partial charge in [-0.2, -0.15) is 0 Å². The SMILES string of the molecule is COCCN(CCCCC1=C(\C)CCC2=C(/C=C\1)CCCN2)CC[C@H](Nc1cc(C(C)(C)C)ncn1)C(=O)O. The summed E-state index contributed by atoms with van der Waals surface area (Å²) in [7, 11) is 1.71. The zero-order valence-corrected chi connectivity index (χ0v) is 24.7. The van der Waals surface area contributed by atoms with Gasteiger partial charge in [0.1, 0.15) is 18.2 Å². The zero-order valence-electron chi connectivity index (χ0n) is 24.7. The average molecular weight is 540 g/mol. The fourth-order valence-electron chi connectivity index (χ4n) is 5.13. The molecule has 0 spiro atoms. The normalized spacial score (nSPS) is 19.6. The Morgan fingerprint density at radius 2 is 1.97 bits per heavy atom. The largest absolute Gasteiger partial charge is 0.480 e. The number of nitrogens with one attached hydrogen (secondary N) is 2. The quantitative estimate of drug-likeness (QED) is 0.268. The van der Waals surface area contributed by atoms with Crippen LogP contribution in [0.15, 0.2) is 47.0 Å². The van der Waals surface area contributed by atoms with Gasteiger partial charge in [-0.05, 0) is 76.0 Å². The molecule has 216 valence electrons. The Labute approximate surface area is 235 Å². The molecule has 0 aromatic carbocycles. The summed E-state index contributed by atoms with van der Waals surface area (Å²) in [6.07, 6.45) is 14.6. The van der Waals surface area contributed by atoms with Crippen molar-refractivity contribution in [1.82, 2.24) is 20.2 Å². The lowest BCUT2D eigenvalue weighted by atomic mass is 9.91. The molecule has 8 nitrogen and oxygen atoms in total. The molecule has 0 saturated heterocycles. The van der Waals surface area contributed by atoms with Crippen LogP contribution in [0.5, 0.6) is 0 Å². The lowest BCUT2D eigenvalue weighted by Gasteiger charge is -2.25. The first-order chi connectivity index (χ1) is 18.7. The highest BCUT2D eigenvalue weighted by atomic mass is 16.5. The lowest BCUT2D eigenvalue weighted by molar-refractivity contribution is -0.138. The Hall–Kier alpha value is -2.71. The fourth-order valence-corrected chi connectivity index (χ4v) is 5.13. The summed E-state index contributed by atoms with van der Waals surface area (Å²) in [6.45, 7) is 12.6. The molecular formula is C31H49N5O3. The summed E-state index contributed by atoms with van der Waals surface area (Å²) in [4.78, 5) is 23.0. The average Bonchev–Trinajstić information content (AvgIpc) is 2.90. The maximum absolute atomic E-state index is 12.1. The highest BCUT2D eigenvalue weighted by Gasteiger charge is 2.21. The standard InChI is InChI=1S/C31H49N5O3/c1-23-11-14-26-25(10-8-16-32-26)13-12-24(23)9-6-7-17-36(19-20-39-5)18-15-27(30(37)38)35-29-21-28(31(2,3)4)33-22-34-29/h12-13,21-22,27,32H,6-11,14-20H2,1-5H3,(H,37,38)(H,33,34,35)/b13-12-,24-23-/t27-/m0/s1. The number of methoxy groups -OCH3 is 1. The van der Waals surface area contributed by atoms with Crippen LogP contribution in [0.1, 0.15) is 84.8 Å². The molecular weight excluding hydrogens is 490 g/mol. The monoisotopic (exact) mass is 539 g/mol. The topological polar surface area (TPSA) is 99.6 Å². The molecule has 2 heterocycles. The van der Waals surface area contributed by atoms with Gasteiger partial charge in [-0.1, -0.05) is 38.5 Å². The maximum atomic E-state index is 12.1. The Balaban J connectivity index is 1.52. The molecule has 2 aliphatic rings. The molecule has 0 amide bonds. The van der Waals surface area contributed by atoms with Crippen LogP contribution >= 0.6 is 0 Å². The minimum atomic E-state index is -0.873. The first-order valence-corrected chi connectivity index (χ1v) is 14.5. The second-order valence-electron chi connectivity index (χ2n) is 11.8. The van der Waals surface area contributed by atoms with Crippen LogP contribution in [0.3, 0.4) is 0 Å². The summed E-state index contributed by atoms with van der Waals surface area (Å²) < 4.78 is 5.34. The number of aliphatic carboxylic acids is 1. The number of unbranched alkanes of at least 4 members (excludes halogenated alkanes) is 1. The van der Waals surface area contributed by atoms with E-state index in [1.165, 1.54) is 41.6 Å². The van der Waals surface area contributed by atoms with Crippen molar-refractivity contribution in [3.8, 4) is 0 Å². The van der Waals surface area contributed by atoms with Gasteiger partial charge in [-0.25, -0.2) is 14.8 Å². The molecule has 3 rings (SSSR count). The molecule has 0 unspecified atom stereocenters. The van der Waals surface area contributed by atoms with Gasteiger partial charge in [0.25, 0.3) is 0 Å². The van der Waals surface area contributed by atoms with Gasteiger partial charge in [0.2, 0.25) is 0 Å². The van der Waals surface area contributed by atoms with Crippen molar-refractivity contribution in [2.24, 2.45) is 0 Å². The summed E-state index contributed by atoms with van der Waals surface area (Å²) in [5.41, 5.74) is 6.63. The highest BCUT2D eigenvalue weighted by molar-refractivity contribution is 5.76. The lowest BCUT2D eigenvalue weighted by Crippen LogP contribution is -2.37. The molecule has 8 heteroatoms. The van der Waals surface area contributed by atoms with Crippen LogP contribution in [-0.4, -0.2) is 71.9 Å². The maximum Gasteiger partial charge on any atom is 0.326 e. The molecule has 0 saturated carbocycles. The van der Waals surface area contributed by atoms with E-state index in [1.807, 2.05) is 6.07 Å². The van der Waals surface area contributed by atoms with Gasteiger partial charge in [-0.3, -0.25) is 0 Å².